The lowest BCUT2D eigenvalue weighted by molar-refractivity contribution is 0.0922. The van der Waals surface area contributed by atoms with Crippen molar-refractivity contribution in [2.45, 2.75) is 13.1 Å². The quantitative estimate of drug-likeness (QED) is 0.509. The number of hydrogen-bond acceptors (Lipinski definition) is 4. The van der Waals surface area contributed by atoms with Crippen molar-refractivity contribution in [3.8, 4) is 0 Å². The van der Waals surface area contributed by atoms with Crippen molar-refractivity contribution in [3.63, 3.8) is 0 Å². The van der Waals surface area contributed by atoms with E-state index >= 15 is 0 Å². The lowest BCUT2D eigenvalue weighted by Crippen LogP contribution is -2.21. The maximum absolute atomic E-state index is 11.7. The van der Waals surface area contributed by atoms with E-state index in [0.29, 0.717) is 12.3 Å². The van der Waals surface area contributed by atoms with Crippen molar-refractivity contribution in [1.82, 2.24) is 5.32 Å². The van der Waals surface area contributed by atoms with Crippen LogP contribution in [0.4, 0.5) is 0 Å². The van der Waals surface area contributed by atoms with E-state index in [4.69, 9.17) is 9.95 Å². The molecule has 0 unspecified atom stereocenters. The zero-order valence-electron chi connectivity index (χ0n) is 9.37. The third-order valence-corrected chi connectivity index (χ3v) is 3.05. The van der Waals surface area contributed by atoms with Gasteiger partial charge in [0.2, 0.25) is 0 Å². The van der Waals surface area contributed by atoms with Crippen molar-refractivity contribution >= 4 is 17.2 Å². The van der Waals surface area contributed by atoms with Gasteiger partial charge in [0.1, 0.15) is 5.76 Å². The fourth-order valence-electron chi connectivity index (χ4n) is 1.35. The Morgan fingerprint density at radius 1 is 1.50 bits per heavy atom. The van der Waals surface area contributed by atoms with E-state index < -0.39 is 0 Å². The third-order valence-electron chi connectivity index (χ3n) is 2.18. The second-order valence-electron chi connectivity index (χ2n) is 3.42. The van der Waals surface area contributed by atoms with E-state index in [0.717, 1.165) is 4.88 Å². The van der Waals surface area contributed by atoms with Crippen LogP contribution in [0.1, 0.15) is 21.2 Å². The van der Waals surface area contributed by atoms with Crippen LogP contribution in [-0.4, -0.2) is 5.91 Å². The Morgan fingerprint density at radius 2 is 2.39 bits per heavy atom. The van der Waals surface area contributed by atoms with E-state index in [1.165, 1.54) is 0 Å². The topological polar surface area (TPSA) is 91.0 Å². The molecule has 1 amide bonds. The largest absolute Gasteiger partial charge is 0.456 e. The number of nitrogens with one attached hydrogen (secondary N) is 1. The van der Waals surface area contributed by atoms with Crippen molar-refractivity contribution in [2.75, 3.05) is 0 Å². The summed E-state index contributed by atoms with van der Waals surface area (Å²) in [7, 11) is 0. The average Bonchev–Trinajstić information content (AvgIpc) is 3.04. The summed E-state index contributed by atoms with van der Waals surface area (Å²) in [5.74, 6) is 0.402. The molecule has 18 heavy (non-hydrogen) atoms. The second-order valence-corrected chi connectivity index (χ2v) is 4.45. The van der Waals surface area contributed by atoms with Gasteiger partial charge in [0, 0.05) is 9.79 Å². The lowest BCUT2D eigenvalue weighted by Gasteiger charge is -2.00. The van der Waals surface area contributed by atoms with Crippen LogP contribution in [0.5, 0.6) is 0 Å². The minimum absolute atomic E-state index is 0.106. The molecule has 0 aliphatic carbocycles. The summed E-state index contributed by atoms with van der Waals surface area (Å²) in [6.45, 7) is 0.581. The van der Waals surface area contributed by atoms with Crippen molar-refractivity contribution in [3.05, 3.63) is 56.5 Å². The van der Waals surface area contributed by atoms with Gasteiger partial charge in [-0.2, -0.15) is 0 Å². The molecule has 2 rings (SSSR count). The summed E-state index contributed by atoms with van der Waals surface area (Å²) in [6, 6.07) is 7.05. The molecule has 0 spiro atoms. The highest BCUT2D eigenvalue weighted by atomic mass is 32.1. The third kappa shape index (κ3) is 3.13. The van der Waals surface area contributed by atoms with Gasteiger partial charge in [-0.05, 0) is 29.1 Å². The summed E-state index contributed by atoms with van der Waals surface area (Å²) in [5, 5.41) is 8.05. The first-order valence-corrected chi connectivity index (χ1v) is 6.07. The number of amides is 1. The van der Waals surface area contributed by atoms with Gasteiger partial charge in [0.15, 0.2) is 5.76 Å². The first-order valence-electron chi connectivity index (χ1n) is 5.20. The number of hydrogen-bond donors (Lipinski definition) is 1. The summed E-state index contributed by atoms with van der Waals surface area (Å²) in [6.07, 6.45) is 0. The van der Waals surface area contributed by atoms with Gasteiger partial charge in [-0.3, -0.25) is 4.79 Å². The normalized spacial score (nSPS) is 9.78. The van der Waals surface area contributed by atoms with Crippen LogP contribution < -0.4 is 5.32 Å². The molecule has 2 aromatic heterocycles. The minimum atomic E-state index is -0.282. The number of carbonyl (C=O) groups is 1. The number of furan rings is 1. The molecule has 0 saturated carbocycles. The summed E-state index contributed by atoms with van der Waals surface area (Å²) >= 11 is 1.58. The molecule has 0 bridgehead atoms. The first kappa shape index (κ1) is 12.2. The molecule has 1 N–H and O–H groups in total. The maximum Gasteiger partial charge on any atom is 0.287 e. The minimum Gasteiger partial charge on any atom is -0.456 e. The summed E-state index contributed by atoms with van der Waals surface area (Å²) in [5.41, 5.74) is 8.17. The van der Waals surface area contributed by atoms with Gasteiger partial charge in [-0.25, -0.2) is 0 Å². The van der Waals surface area contributed by atoms with Crippen molar-refractivity contribution in [1.29, 1.82) is 0 Å². The van der Waals surface area contributed by atoms with Crippen LogP contribution in [0, 0.1) is 0 Å². The Hall–Kier alpha value is -2.24. The Labute approximate surface area is 107 Å². The molecule has 0 radical (unpaired) electrons. The Kier molecular flexibility index (Phi) is 4.01. The molecule has 0 aliphatic heterocycles. The van der Waals surface area contributed by atoms with E-state index in [9.17, 15) is 4.79 Å². The van der Waals surface area contributed by atoms with Gasteiger partial charge < -0.3 is 9.73 Å². The Morgan fingerprint density at radius 3 is 3.11 bits per heavy atom. The van der Waals surface area contributed by atoms with Crippen LogP contribution in [0.3, 0.4) is 0 Å². The SMILES string of the molecule is [N-]=[N+]=NCc1ccc(C(=O)NCc2cccs2)o1. The van der Waals surface area contributed by atoms with Crippen LogP contribution in [0.2, 0.25) is 0 Å². The molecule has 7 heteroatoms. The molecule has 0 aliphatic rings. The molecule has 0 saturated heterocycles. The van der Waals surface area contributed by atoms with Gasteiger partial charge in [-0.1, -0.05) is 11.2 Å². The van der Waals surface area contributed by atoms with Crippen molar-refractivity contribution < 1.29 is 9.21 Å². The molecule has 2 aromatic rings. The van der Waals surface area contributed by atoms with Crippen molar-refractivity contribution in [2.24, 2.45) is 5.11 Å². The molecule has 0 aromatic carbocycles. The highest BCUT2D eigenvalue weighted by Gasteiger charge is 2.10. The van der Waals surface area contributed by atoms with Gasteiger partial charge in [0.05, 0.1) is 13.1 Å². The zero-order chi connectivity index (χ0) is 12.8. The fraction of sp³-hybridized carbons (Fsp3) is 0.182. The first-order chi connectivity index (χ1) is 8.79. The molecule has 6 nitrogen and oxygen atoms in total. The molecule has 2 heterocycles. The number of azide groups is 1. The summed E-state index contributed by atoms with van der Waals surface area (Å²) < 4.78 is 5.24. The highest BCUT2D eigenvalue weighted by Crippen LogP contribution is 2.11. The van der Waals surface area contributed by atoms with E-state index in [1.807, 2.05) is 17.5 Å². The van der Waals surface area contributed by atoms with Crippen LogP contribution >= 0.6 is 11.3 Å². The highest BCUT2D eigenvalue weighted by molar-refractivity contribution is 7.09. The van der Waals surface area contributed by atoms with E-state index in [-0.39, 0.29) is 18.2 Å². The van der Waals surface area contributed by atoms with Gasteiger partial charge in [0.25, 0.3) is 5.91 Å². The molecule has 0 fully saturated rings. The predicted molar refractivity (Wildman–Crippen MR) is 67.0 cm³/mol. The Bertz CT molecular complexity index is 570. The standard InChI is InChI=1S/C11H10N4O2S/c12-15-14-6-8-3-4-10(17-8)11(16)13-7-9-2-1-5-18-9/h1-5H,6-7H2,(H,13,16). The van der Waals surface area contributed by atoms with Crippen LogP contribution in [0.15, 0.2) is 39.2 Å². The smallest absolute Gasteiger partial charge is 0.287 e. The van der Waals surface area contributed by atoms with Gasteiger partial charge >= 0.3 is 0 Å². The van der Waals surface area contributed by atoms with E-state index in [2.05, 4.69) is 15.3 Å². The van der Waals surface area contributed by atoms with E-state index in [1.54, 1.807) is 23.5 Å². The number of nitrogens with zero attached hydrogens (tertiary/aromatic N) is 3. The molecule has 92 valence electrons. The Balaban J connectivity index is 1.92. The number of rotatable bonds is 5. The fourth-order valence-corrected chi connectivity index (χ4v) is 2.00. The monoisotopic (exact) mass is 262 g/mol. The summed E-state index contributed by atoms with van der Waals surface area (Å²) in [4.78, 5) is 15.4. The lowest BCUT2D eigenvalue weighted by atomic mass is 10.4. The van der Waals surface area contributed by atoms with Gasteiger partial charge in [-0.15, -0.1) is 11.3 Å². The number of thiophene rings is 1. The molecule has 0 atom stereocenters. The molecular weight excluding hydrogens is 252 g/mol. The van der Waals surface area contributed by atoms with Crippen LogP contribution in [0.25, 0.3) is 10.4 Å². The molecular formula is C11H10N4O2S. The number of carbonyl (C=O) groups excluding carboxylic acids is 1. The average molecular weight is 262 g/mol. The van der Waals surface area contributed by atoms with Crippen LogP contribution in [-0.2, 0) is 13.1 Å². The predicted octanol–water partition coefficient (Wildman–Crippen LogP) is 3.08. The zero-order valence-corrected chi connectivity index (χ0v) is 10.2. The maximum atomic E-state index is 11.7. The second kappa shape index (κ2) is 5.90.